The first kappa shape index (κ1) is 16.9. The normalized spacial score (nSPS) is 17.3. The molecule has 0 aliphatic carbocycles. The molecule has 0 aromatic carbocycles. The molecule has 1 saturated heterocycles. The van der Waals surface area contributed by atoms with E-state index in [0.717, 1.165) is 30.9 Å². The van der Waals surface area contributed by atoms with E-state index in [2.05, 4.69) is 15.0 Å². The number of H-pyrrole nitrogens is 2. The van der Waals surface area contributed by atoms with E-state index in [1.165, 1.54) is 0 Å². The lowest BCUT2D eigenvalue weighted by Gasteiger charge is -2.32. The number of aromatic amines is 2. The molecular weight excluding hydrogens is 326 g/mol. The van der Waals surface area contributed by atoms with Crippen molar-refractivity contribution in [1.29, 1.82) is 0 Å². The van der Waals surface area contributed by atoms with Crippen molar-refractivity contribution in [2.45, 2.75) is 32.3 Å². The number of amides is 1. The summed E-state index contributed by atoms with van der Waals surface area (Å²) in [6.45, 7) is 2.89. The first-order valence-corrected chi connectivity index (χ1v) is 8.15. The van der Waals surface area contributed by atoms with Gasteiger partial charge in [0.2, 0.25) is 0 Å². The van der Waals surface area contributed by atoms with Crippen molar-refractivity contribution >= 4 is 5.91 Å². The van der Waals surface area contributed by atoms with Gasteiger partial charge in [-0.15, -0.1) is 0 Å². The average Bonchev–Trinajstić information content (AvgIpc) is 2.61. The van der Waals surface area contributed by atoms with Crippen molar-refractivity contribution < 1.29 is 9.53 Å². The van der Waals surface area contributed by atoms with Crippen LogP contribution >= 0.6 is 0 Å². The monoisotopic (exact) mass is 345 g/mol. The number of hydrogen-bond acceptors (Lipinski definition) is 6. The van der Waals surface area contributed by atoms with Crippen molar-refractivity contribution in [3.05, 3.63) is 50.6 Å². The second kappa shape index (κ2) is 7.29. The van der Waals surface area contributed by atoms with Crippen molar-refractivity contribution in [3.8, 4) is 6.01 Å². The van der Waals surface area contributed by atoms with Crippen LogP contribution in [0.1, 0.15) is 35.8 Å². The van der Waals surface area contributed by atoms with Gasteiger partial charge in [-0.1, -0.05) is 6.92 Å². The predicted octanol–water partition coefficient (Wildman–Crippen LogP) is 0.0992. The Balaban J connectivity index is 1.68. The van der Waals surface area contributed by atoms with Gasteiger partial charge < -0.3 is 14.6 Å². The summed E-state index contributed by atoms with van der Waals surface area (Å²) in [4.78, 5) is 49.5. The molecule has 0 bridgehead atoms. The van der Waals surface area contributed by atoms with E-state index in [1.807, 2.05) is 11.9 Å². The maximum atomic E-state index is 12.5. The zero-order valence-corrected chi connectivity index (χ0v) is 13.8. The molecule has 1 unspecified atom stereocenters. The summed E-state index contributed by atoms with van der Waals surface area (Å²) in [6, 6.07) is 1.36. The fraction of sp³-hybridized carbons (Fsp3) is 0.438. The van der Waals surface area contributed by atoms with Gasteiger partial charge in [-0.25, -0.2) is 14.8 Å². The van der Waals surface area contributed by atoms with Gasteiger partial charge in [-0.2, -0.15) is 0 Å². The highest BCUT2D eigenvalue weighted by atomic mass is 16.5. The van der Waals surface area contributed by atoms with E-state index in [0.29, 0.717) is 13.1 Å². The molecule has 1 amide bonds. The fourth-order valence-electron chi connectivity index (χ4n) is 2.71. The minimum absolute atomic E-state index is 0.0297. The van der Waals surface area contributed by atoms with E-state index in [4.69, 9.17) is 4.74 Å². The van der Waals surface area contributed by atoms with Crippen LogP contribution in [-0.2, 0) is 6.42 Å². The molecule has 1 fully saturated rings. The second-order valence-corrected chi connectivity index (χ2v) is 5.86. The number of piperidine rings is 1. The van der Waals surface area contributed by atoms with Crippen LogP contribution in [0.5, 0.6) is 6.01 Å². The summed E-state index contributed by atoms with van der Waals surface area (Å²) in [7, 11) is 0. The highest BCUT2D eigenvalue weighted by molar-refractivity contribution is 5.92. The molecule has 132 valence electrons. The Kier molecular flexibility index (Phi) is 4.92. The molecular formula is C16H19N5O4. The number of nitrogens with zero attached hydrogens (tertiary/aromatic N) is 3. The molecule has 2 aromatic heterocycles. The van der Waals surface area contributed by atoms with Gasteiger partial charge in [-0.3, -0.25) is 14.6 Å². The molecule has 3 rings (SSSR count). The van der Waals surface area contributed by atoms with E-state index in [1.54, 1.807) is 17.3 Å². The Bertz CT molecular complexity index is 830. The van der Waals surface area contributed by atoms with Gasteiger partial charge in [0.05, 0.1) is 6.54 Å². The molecule has 9 nitrogen and oxygen atoms in total. The fourth-order valence-corrected chi connectivity index (χ4v) is 2.71. The van der Waals surface area contributed by atoms with E-state index < -0.39 is 17.2 Å². The molecule has 1 aliphatic heterocycles. The molecule has 2 N–H and O–H groups in total. The van der Waals surface area contributed by atoms with Gasteiger partial charge >= 0.3 is 11.7 Å². The third kappa shape index (κ3) is 4.11. The Morgan fingerprint density at radius 2 is 2.08 bits per heavy atom. The summed E-state index contributed by atoms with van der Waals surface area (Å²) in [5.74, 6) is -0.404. The topological polar surface area (TPSA) is 121 Å². The number of hydrogen-bond donors (Lipinski definition) is 2. The minimum atomic E-state index is -0.704. The van der Waals surface area contributed by atoms with Gasteiger partial charge in [0.15, 0.2) is 0 Å². The zero-order valence-electron chi connectivity index (χ0n) is 13.8. The first-order chi connectivity index (χ1) is 12.0. The largest absolute Gasteiger partial charge is 0.458 e. The smallest absolute Gasteiger partial charge is 0.326 e. The Morgan fingerprint density at radius 1 is 1.32 bits per heavy atom. The van der Waals surface area contributed by atoms with Gasteiger partial charge in [0, 0.05) is 25.0 Å². The average molecular weight is 345 g/mol. The van der Waals surface area contributed by atoms with E-state index >= 15 is 0 Å². The summed E-state index contributed by atoms with van der Waals surface area (Å²) in [5.41, 5.74) is -0.324. The Morgan fingerprint density at radius 3 is 2.76 bits per heavy atom. The van der Waals surface area contributed by atoms with Crippen LogP contribution in [0.25, 0.3) is 0 Å². The summed E-state index contributed by atoms with van der Waals surface area (Å²) < 4.78 is 5.76. The number of carbonyl (C=O) groups is 1. The minimum Gasteiger partial charge on any atom is -0.458 e. The molecule has 1 aliphatic rings. The van der Waals surface area contributed by atoms with E-state index in [-0.39, 0.29) is 17.8 Å². The number of ether oxygens (including phenoxy) is 1. The summed E-state index contributed by atoms with van der Waals surface area (Å²) in [5, 5.41) is 0. The van der Waals surface area contributed by atoms with Crippen LogP contribution in [0.2, 0.25) is 0 Å². The van der Waals surface area contributed by atoms with Crippen molar-refractivity contribution in [1.82, 2.24) is 24.8 Å². The zero-order chi connectivity index (χ0) is 17.8. The third-order valence-corrected chi connectivity index (χ3v) is 4.02. The maximum absolute atomic E-state index is 12.5. The highest BCUT2D eigenvalue weighted by Gasteiger charge is 2.27. The van der Waals surface area contributed by atoms with Gasteiger partial charge in [0.1, 0.15) is 11.8 Å². The molecule has 2 aromatic rings. The van der Waals surface area contributed by atoms with Crippen LogP contribution < -0.4 is 16.0 Å². The van der Waals surface area contributed by atoms with Gasteiger partial charge in [0.25, 0.3) is 11.5 Å². The molecule has 1 atom stereocenters. The van der Waals surface area contributed by atoms with E-state index in [9.17, 15) is 14.4 Å². The predicted molar refractivity (Wildman–Crippen MR) is 88.6 cm³/mol. The van der Waals surface area contributed by atoms with Crippen LogP contribution in [0.15, 0.2) is 28.0 Å². The lowest BCUT2D eigenvalue weighted by Crippen LogP contribution is -2.45. The Labute approximate surface area is 143 Å². The van der Waals surface area contributed by atoms with Gasteiger partial charge in [-0.05, 0) is 24.8 Å². The number of aromatic nitrogens is 4. The lowest BCUT2D eigenvalue weighted by molar-refractivity contribution is 0.0510. The summed E-state index contributed by atoms with van der Waals surface area (Å²) in [6.07, 6.45) is 5.56. The second-order valence-electron chi connectivity index (χ2n) is 5.86. The standard InChI is InChI=1S/C16H19N5O4/c1-2-10-7-17-16(18-8-10)25-11-4-3-5-21(9-11)14(23)12-6-13(22)20-15(24)19-12/h6-8,11H,2-5,9H2,1H3,(H2,19,20,22,24). The van der Waals surface area contributed by atoms with Crippen molar-refractivity contribution in [2.75, 3.05) is 13.1 Å². The highest BCUT2D eigenvalue weighted by Crippen LogP contribution is 2.16. The molecule has 0 spiro atoms. The number of likely N-dealkylation sites (tertiary alicyclic amines) is 1. The third-order valence-electron chi connectivity index (χ3n) is 4.02. The molecule has 0 radical (unpaired) electrons. The van der Waals surface area contributed by atoms with Crippen LogP contribution in [0.4, 0.5) is 0 Å². The number of carbonyl (C=O) groups excluding carboxylic acids is 1. The first-order valence-electron chi connectivity index (χ1n) is 8.15. The molecule has 3 heterocycles. The molecule has 25 heavy (non-hydrogen) atoms. The SMILES string of the molecule is CCc1cnc(OC2CCCN(C(=O)c3cc(=O)[nH]c(=O)[nH]3)C2)nc1. The Hall–Kier alpha value is -2.97. The molecule has 9 heteroatoms. The number of rotatable bonds is 4. The number of nitrogens with one attached hydrogen (secondary N) is 2. The molecule has 0 saturated carbocycles. The van der Waals surface area contributed by atoms with Crippen molar-refractivity contribution in [3.63, 3.8) is 0 Å². The van der Waals surface area contributed by atoms with Crippen LogP contribution in [-0.4, -0.2) is 49.9 Å². The maximum Gasteiger partial charge on any atom is 0.326 e. The quantitative estimate of drug-likeness (QED) is 0.810. The van der Waals surface area contributed by atoms with Crippen molar-refractivity contribution in [2.24, 2.45) is 0 Å². The summed E-state index contributed by atoms with van der Waals surface area (Å²) >= 11 is 0. The van der Waals surface area contributed by atoms with Crippen LogP contribution in [0, 0.1) is 0 Å². The lowest BCUT2D eigenvalue weighted by atomic mass is 10.1. The number of aryl methyl sites for hydroxylation is 1. The van der Waals surface area contributed by atoms with Crippen LogP contribution in [0.3, 0.4) is 0 Å².